The Kier molecular flexibility index (Phi) is 5.25. The lowest BCUT2D eigenvalue weighted by Crippen LogP contribution is -2.42. The van der Waals surface area contributed by atoms with Gasteiger partial charge in [-0.1, -0.05) is 0 Å². The van der Waals surface area contributed by atoms with E-state index in [1.807, 2.05) is 0 Å². The van der Waals surface area contributed by atoms with E-state index < -0.39 is 0 Å². The topological polar surface area (TPSA) is 75.4 Å². The maximum absolute atomic E-state index is 11.7. The van der Waals surface area contributed by atoms with E-state index in [4.69, 9.17) is 5.73 Å². The van der Waals surface area contributed by atoms with Crippen molar-refractivity contribution in [3.8, 4) is 0 Å². The van der Waals surface area contributed by atoms with Gasteiger partial charge >= 0.3 is 0 Å². The van der Waals surface area contributed by atoms with Gasteiger partial charge in [-0.2, -0.15) is 0 Å². The Bertz CT molecular complexity index is 248. The average molecular weight is 227 g/mol. The summed E-state index contributed by atoms with van der Waals surface area (Å²) in [5.41, 5.74) is 5.35. The molecule has 5 nitrogen and oxygen atoms in total. The Morgan fingerprint density at radius 3 is 2.50 bits per heavy atom. The van der Waals surface area contributed by atoms with Crippen LogP contribution in [0.2, 0.25) is 0 Å². The fourth-order valence-electron chi connectivity index (χ4n) is 1.91. The van der Waals surface area contributed by atoms with Crippen molar-refractivity contribution in [2.24, 2.45) is 11.7 Å². The van der Waals surface area contributed by atoms with Crippen molar-refractivity contribution in [1.29, 1.82) is 0 Å². The molecule has 1 aliphatic heterocycles. The molecule has 1 rings (SSSR count). The van der Waals surface area contributed by atoms with Crippen LogP contribution in [0.4, 0.5) is 0 Å². The number of piperidine rings is 1. The maximum atomic E-state index is 11.7. The lowest BCUT2D eigenvalue weighted by atomic mass is 9.96. The fraction of sp³-hybridized carbons (Fsp3) is 0.818. The first kappa shape index (κ1) is 13.0. The van der Waals surface area contributed by atoms with Gasteiger partial charge in [0.2, 0.25) is 11.8 Å². The molecule has 1 saturated heterocycles. The van der Waals surface area contributed by atoms with Crippen molar-refractivity contribution in [2.75, 3.05) is 26.2 Å². The molecule has 0 aromatic carbocycles. The molecule has 0 atom stereocenters. The zero-order chi connectivity index (χ0) is 12.0. The van der Waals surface area contributed by atoms with Crippen LogP contribution in [0.3, 0.4) is 0 Å². The summed E-state index contributed by atoms with van der Waals surface area (Å²) in [6, 6.07) is 0. The van der Waals surface area contributed by atoms with Crippen LogP contribution in [-0.2, 0) is 9.59 Å². The van der Waals surface area contributed by atoms with E-state index in [0.29, 0.717) is 26.2 Å². The van der Waals surface area contributed by atoms with Gasteiger partial charge in [0.1, 0.15) is 0 Å². The number of rotatable bonds is 4. The van der Waals surface area contributed by atoms with Crippen LogP contribution in [0.1, 0.15) is 26.2 Å². The SMILES string of the molecule is CC(=O)N1CCC(C(=O)NCCCN)CC1. The highest BCUT2D eigenvalue weighted by molar-refractivity contribution is 5.79. The molecule has 0 saturated carbocycles. The van der Waals surface area contributed by atoms with Gasteiger partial charge < -0.3 is 16.0 Å². The molecular formula is C11H21N3O2. The molecule has 5 heteroatoms. The predicted molar refractivity (Wildman–Crippen MR) is 61.7 cm³/mol. The van der Waals surface area contributed by atoms with Gasteiger partial charge in [-0.3, -0.25) is 9.59 Å². The third-order valence-electron chi connectivity index (χ3n) is 2.99. The highest BCUT2D eigenvalue weighted by Gasteiger charge is 2.25. The van der Waals surface area contributed by atoms with Crippen molar-refractivity contribution in [2.45, 2.75) is 26.2 Å². The van der Waals surface area contributed by atoms with Gasteiger partial charge in [-0.05, 0) is 25.8 Å². The molecule has 0 aromatic heterocycles. The van der Waals surface area contributed by atoms with E-state index in [9.17, 15) is 9.59 Å². The summed E-state index contributed by atoms with van der Waals surface area (Å²) in [5.74, 6) is 0.270. The van der Waals surface area contributed by atoms with Crippen LogP contribution in [-0.4, -0.2) is 42.9 Å². The summed E-state index contributed by atoms with van der Waals surface area (Å²) < 4.78 is 0. The zero-order valence-corrected chi connectivity index (χ0v) is 9.87. The molecule has 3 N–H and O–H groups in total. The molecular weight excluding hydrogens is 206 g/mol. The summed E-state index contributed by atoms with van der Waals surface area (Å²) in [6.45, 7) is 4.22. The molecule has 16 heavy (non-hydrogen) atoms. The van der Waals surface area contributed by atoms with E-state index in [-0.39, 0.29) is 17.7 Å². The monoisotopic (exact) mass is 227 g/mol. The van der Waals surface area contributed by atoms with Gasteiger partial charge in [0.15, 0.2) is 0 Å². The normalized spacial score (nSPS) is 17.2. The number of hydrogen-bond acceptors (Lipinski definition) is 3. The first-order valence-corrected chi connectivity index (χ1v) is 5.88. The molecule has 0 aliphatic carbocycles. The van der Waals surface area contributed by atoms with Crippen molar-refractivity contribution in [3.05, 3.63) is 0 Å². The second-order valence-electron chi connectivity index (χ2n) is 4.21. The Balaban J connectivity index is 2.25. The molecule has 1 heterocycles. The number of nitrogens with two attached hydrogens (primary N) is 1. The Morgan fingerprint density at radius 1 is 1.38 bits per heavy atom. The Hall–Kier alpha value is -1.10. The Labute approximate surface area is 96.4 Å². The lowest BCUT2D eigenvalue weighted by Gasteiger charge is -2.30. The minimum atomic E-state index is 0.0633. The van der Waals surface area contributed by atoms with E-state index >= 15 is 0 Å². The van der Waals surface area contributed by atoms with E-state index in [0.717, 1.165) is 19.3 Å². The highest BCUT2D eigenvalue weighted by Crippen LogP contribution is 2.17. The van der Waals surface area contributed by atoms with E-state index in [1.54, 1.807) is 11.8 Å². The predicted octanol–water partition coefficient (Wildman–Crippen LogP) is -0.290. The van der Waals surface area contributed by atoms with Crippen LogP contribution in [0, 0.1) is 5.92 Å². The largest absolute Gasteiger partial charge is 0.356 e. The number of amides is 2. The fourth-order valence-corrected chi connectivity index (χ4v) is 1.91. The molecule has 0 aromatic rings. The number of likely N-dealkylation sites (tertiary alicyclic amines) is 1. The second kappa shape index (κ2) is 6.48. The third-order valence-corrected chi connectivity index (χ3v) is 2.99. The van der Waals surface area contributed by atoms with Gasteiger partial charge in [0.25, 0.3) is 0 Å². The quantitative estimate of drug-likeness (QED) is 0.648. The zero-order valence-electron chi connectivity index (χ0n) is 9.87. The molecule has 0 bridgehead atoms. The van der Waals surface area contributed by atoms with Gasteiger partial charge in [0, 0.05) is 32.5 Å². The first-order chi connectivity index (χ1) is 7.65. The molecule has 1 fully saturated rings. The highest BCUT2D eigenvalue weighted by atomic mass is 16.2. The molecule has 1 aliphatic rings. The van der Waals surface area contributed by atoms with Crippen LogP contribution in [0.25, 0.3) is 0 Å². The summed E-state index contributed by atoms with van der Waals surface area (Å²) in [6.07, 6.45) is 2.36. The Morgan fingerprint density at radius 2 is 2.00 bits per heavy atom. The number of carbonyl (C=O) groups is 2. The van der Waals surface area contributed by atoms with Gasteiger partial charge in [-0.25, -0.2) is 0 Å². The van der Waals surface area contributed by atoms with Crippen LogP contribution in [0.15, 0.2) is 0 Å². The summed E-state index contributed by atoms with van der Waals surface area (Å²) in [5, 5.41) is 2.87. The van der Waals surface area contributed by atoms with E-state index in [1.165, 1.54) is 0 Å². The second-order valence-corrected chi connectivity index (χ2v) is 4.21. The van der Waals surface area contributed by atoms with Crippen molar-refractivity contribution < 1.29 is 9.59 Å². The third kappa shape index (κ3) is 3.81. The molecule has 92 valence electrons. The number of nitrogens with zero attached hydrogens (tertiary/aromatic N) is 1. The minimum Gasteiger partial charge on any atom is -0.356 e. The lowest BCUT2D eigenvalue weighted by molar-refractivity contribution is -0.133. The van der Waals surface area contributed by atoms with Gasteiger partial charge in [0.05, 0.1) is 0 Å². The minimum absolute atomic E-state index is 0.0633. The standard InChI is InChI=1S/C11H21N3O2/c1-9(15)14-7-3-10(4-8-14)11(16)13-6-2-5-12/h10H,2-8,12H2,1H3,(H,13,16). The summed E-state index contributed by atoms with van der Waals surface area (Å²) in [7, 11) is 0. The number of carbonyl (C=O) groups excluding carboxylic acids is 2. The molecule has 2 amide bonds. The molecule has 0 radical (unpaired) electrons. The average Bonchev–Trinajstić information content (AvgIpc) is 2.29. The van der Waals surface area contributed by atoms with Crippen LogP contribution < -0.4 is 11.1 Å². The maximum Gasteiger partial charge on any atom is 0.223 e. The molecule has 0 unspecified atom stereocenters. The molecule has 0 spiro atoms. The van der Waals surface area contributed by atoms with Crippen molar-refractivity contribution in [1.82, 2.24) is 10.2 Å². The van der Waals surface area contributed by atoms with Crippen LogP contribution >= 0.6 is 0 Å². The number of nitrogens with one attached hydrogen (secondary N) is 1. The summed E-state index contributed by atoms with van der Waals surface area (Å²) >= 11 is 0. The van der Waals surface area contributed by atoms with Gasteiger partial charge in [-0.15, -0.1) is 0 Å². The number of hydrogen-bond donors (Lipinski definition) is 2. The van der Waals surface area contributed by atoms with Crippen molar-refractivity contribution in [3.63, 3.8) is 0 Å². The summed E-state index contributed by atoms with van der Waals surface area (Å²) in [4.78, 5) is 24.6. The van der Waals surface area contributed by atoms with Crippen LogP contribution in [0.5, 0.6) is 0 Å². The smallest absolute Gasteiger partial charge is 0.223 e. The first-order valence-electron chi connectivity index (χ1n) is 5.88. The van der Waals surface area contributed by atoms with Crippen molar-refractivity contribution >= 4 is 11.8 Å². The van der Waals surface area contributed by atoms with E-state index in [2.05, 4.69) is 5.32 Å².